The highest BCUT2D eigenvalue weighted by molar-refractivity contribution is 6.26. The number of halogens is 1. The summed E-state index contributed by atoms with van der Waals surface area (Å²) in [4.78, 5) is 30.4. The third-order valence-electron chi connectivity index (χ3n) is 6.28. The van der Waals surface area contributed by atoms with E-state index in [1.165, 1.54) is 45.0 Å². The smallest absolute Gasteiger partial charge is 0.223 e. The predicted octanol–water partition coefficient (Wildman–Crippen LogP) is 5.21. The lowest BCUT2D eigenvalue weighted by Gasteiger charge is -2.21. The number of anilines is 2. The van der Waals surface area contributed by atoms with Crippen molar-refractivity contribution >= 4 is 41.2 Å². The Balaban J connectivity index is 1.88. The molecule has 0 aliphatic carbocycles. The molecule has 1 atom stereocenters. The molecule has 12 heteroatoms. The van der Waals surface area contributed by atoms with Gasteiger partial charge >= 0.3 is 0 Å². The zero-order valence-electron chi connectivity index (χ0n) is 23.6. The Morgan fingerprint density at radius 3 is 2.64 bits per heavy atom. The maximum atomic E-state index is 14.3. The standard InChI is InChI=1S/C30H30FN7O4/c1-17(27-23(18-9-8-10-19(31)13-18)26(39)20-11-6-7-12-22(20)42-27)38-29-24(28(33-2)36-15-37-29)25(32)21(14-35-16-40-4)30(34-3)41-5/h6-15,17,32H,3,16H2,1-2,4-5H3,(H2,33,36,37,38)/b30-21-,32-25?,35-14?. The van der Waals surface area contributed by atoms with Crippen molar-refractivity contribution in [3.05, 3.63) is 93.7 Å². The van der Waals surface area contributed by atoms with Gasteiger partial charge in [-0.1, -0.05) is 24.3 Å². The number of para-hydroxylation sites is 1. The van der Waals surface area contributed by atoms with Crippen LogP contribution in [0.3, 0.4) is 0 Å². The fraction of sp³-hybridized carbons (Fsp3) is 0.200. The normalized spacial score (nSPS) is 12.6. The summed E-state index contributed by atoms with van der Waals surface area (Å²) in [5, 5.41) is 15.7. The van der Waals surface area contributed by atoms with Crippen molar-refractivity contribution in [2.75, 3.05) is 38.6 Å². The summed E-state index contributed by atoms with van der Waals surface area (Å²) in [5.74, 6) is 0.390. The van der Waals surface area contributed by atoms with E-state index in [1.807, 2.05) is 0 Å². The van der Waals surface area contributed by atoms with E-state index in [-0.39, 0.29) is 52.0 Å². The minimum Gasteiger partial charge on any atom is -0.480 e. The van der Waals surface area contributed by atoms with Crippen LogP contribution in [0.15, 0.2) is 85.5 Å². The van der Waals surface area contributed by atoms with Gasteiger partial charge in [0.05, 0.1) is 40.9 Å². The van der Waals surface area contributed by atoms with Gasteiger partial charge in [-0.05, 0) is 43.5 Å². The van der Waals surface area contributed by atoms with E-state index in [4.69, 9.17) is 19.3 Å². The summed E-state index contributed by atoms with van der Waals surface area (Å²) >= 11 is 0. The number of nitrogens with one attached hydrogen (secondary N) is 3. The first-order valence-corrected chi connectivity index (χ1v) is 12.8. The van der Waals surface area contributed by atoms with E-state index in [2.05, 4.69) is 37.3 Å². The number of methoxy groups -OCH3 is 2. The Morgan fingerprint density at radius 1 is 1.19 bits per heavy atom. The molecule has 0 spiro atoms. The average Bonchev–Trinajstić information content (AvgIpc) is 3.00. The average molecular weight is 572 g/mol. The lowest BCUT2D eigenvalue weighted by atomic mass is 9.98. The molecule has 0 fully saturated rings. The Bertz CT molecular complexity index is 1750. The minimum atomic E-state index is -0.680. The molecule has 2 heterocycles. The fourth-order valence-electron chi connectivity index (χ4n) is 4.40. The third-order valence-corrected chi connectivity index (χ3v) is 6.28. The van der Waals surface area contributed by atoms with Gasteiger partial charge < -0.3 is 24.5 Å². The Hall–Kier alpha value is -5.23. The van der Waals surface area contributed by atoms with E-state index in [9.17, 15) is 9.18 Å². The second kappa shape index (κ2) is 13.4. The van der Waals surface area contributed by atoms with Crippen molar-refractivity contribution in [3.63, 3.8) is 0 Å². The quantitative estimate of drug-likeness (QED) is 0.155. The molecule has 4 aromatic rings. The molecule has 4 rings (SSSR count). The molecular weight excluding hydrogens is 541 g/mol. The first kappa shape index (κ1) is 29.7. The van der Waals surface area contributed by atoms with Crippen LogP contribution in [-0.2, 0) is 9.47 Å². The largest absolute Gasteiger partial charge is 0.480 e. The minimum absolute atomic E-state index is 0.0427. The second-order valence-electron chi connectivity index (χ2n) is 8.92. The van der Waals surface area contributed by atoms with Crippen molar-refractivity contribution in [2.24, 2.45) is 9.98 Å². The lowest BCUT2D eigenvalue weighted by Crippen LogP contribution is -2.20. The van der Waals surface area contributed by atoms with Gasteiger partial charge in [0, 0.05) is 20.4 Å². The number of aromatic nitrogens is 2. The SMILES string of the molecule is C=N/C(OC)=C(\C=NCOC)C(=N)c1c(NC)ncnc1NC(C)c1oc2ccccc2c(=O)c1-c1cccc(F)c1. The summed E-state index contributed by atoms with van der Waals surface area (Å²) in [6.45, 7) is 5.35. The number of ether oxygens (including phenoxy) is 2. The molecule has 216 valence electrons. The van der Waals surface area contributed by atoms with Gasteiger partial charge in [-0.2, -0.15) is 0 Å². The van der Waals surface area contributed by atoms with Crippen LogP contribution in [0.25, 0.3) is 22.1 Å². The van der Waals surface area contributed by atoms with Crippen molar-refractivity contribution in [1.82, 2.24) is 9.97 Å². The molecule has 0 bridgehead atoms. The molecule has 0 saturated heterocycles. The van der Waals surface area contributed by atoms with E-state index in [1.54, 1.807) is 44.3 Å². The summed E-state index contributed by atoms with van der Waals surface area (Å²) in [5.41, 5.74) is 1.02. The highest BCUT2D eigenvalue weighted by Gasteiger charge is 2.26. The number of hydrogen-bond acceptors (Lipinski definition) is 11. The summed E-state index contributed by atoms with van der Waals surface area (Å²) in [6.07, 6.45) is 2.72. The molecule has 1 unspecified atom stereocenters. The topological polar surface area (TPSA) is 147 Å². The van der Waals surface area contributed by atoms with Gasteiger partial charge in [0.2, 0.25) is 11.3 Å². The number of allylic oxidation sites excluding steroid dienone is 1. The van der Waals surface area contributed by atoms with Crippen LogP contribution < -0.4 is 16.1 Å². The van der Waals surface area contributed by atoms with Crippen molar-refractivity contribution < 1.29 is 18.3 Å². The number of fused-ring (bicyclic) bond motifs is 1. The van der Waals surface area contributed by atoms with Gasteiger partial charge in [-0.3, -0.25) is 15.2 Å². The van der Waals surface area contributed by atoms with Gasteiger partial charge in [-0.15, -0.1) is 0 Å². The fourth-order valence-corrected chi connectivity index (χ4v) is 4.40. The van der Waals surface area contributed by atoms with Gasteiger partial charge in [0.1, 0.15) is 41.9 Å². The van der Waals surface area contributed by atoms with E-state index >= 15 is 0 Å². The Morgan fingerprint density at radius 2 is 1.95 bits per heavy atom. The van der Waals surface area contributed by atoms with Crippen molar-refractivity contribution in [3.8, 4) is 11.1 Å². The van der Waals surface area contributed by atoms with E-state index in [0.29, 0.717) is 22.4 Å². The van der Waals surface area contributed by atoms with E-state index < -0.39 is 11.9 Å². The summed E-state index contributed by atoms with van der Waals surface area (Å²) in [7, 11) is 4.55. The Labute approximate surface area is 241 Å². The number of benzene rings is 2. The molecule has 2 aromatic heterocycles. The van der Waals surface area contributed by atoms with Gasteiger partial charge in [-0.25, -0.2) is 19.4 Å². The van der Waals surface area contributed by atoms with Crippen LogP contribution in [0.1, 0.15) is 24.3 Å². The molecule has 42 heavy (non-hydrogen) atoms. The van der Waals surface area contributed by atoms with Crippen LogP contribution in [-0.4, -0.2) is 56.6 Å². The molecule has 3 N–H and O–H groups in total. The number of hydrogen-bond donors (Lipinski definition) is 3. The molecule has 0 aliphatic rings. The number of rotatable bonds is 12. The molecular formula is C30H30FN7O4. The van der Waals surface area contributed by atoms with Crippen LogP contribution >= 0.6 is 0 Å². The number of nitrogens with zero attached hydrogens (tertiary/aromatic N) is 4. The molecule has 0 amide bonds. The number of aliphatic imine (C=N–C) groups is 2. The van der Waals surface area contributed by atoms with Crippen LogP contribution in [0, 0.1) is 11.2 Å². The monoisotopic (exact) mass is 571 g/mol. The van der Waals surface area contributed by atoms with Crippen LogP contribution in [0.4, 0.5) is 16.0 Å². The van der Waals surface area contributed by atoms with Gasteiger partial charge in [0.25, 0.3) is 0 Å². The predicted molar refractivity (Wildman–Crippen MR) is 162 cm³/mol. The first-order valence-electron chi connectivity index (χ1n) is 12.8. The molecule has 0 saturated carbocycles. The lowest BCUT2D eigenvalue weighted by molar-refractivity contribution is 0.209. The maximum Gasteiger partial charge on any atom is 0.223 e. The zero-order chi connectivity index (χ0) is 30.2. The summed E-state index contributed by atoms with van der Waals surface area (Å²) < 4.78 is 30.9. The molecule has 11 nitrogen and oxygen atoms in total. The second-order valence-corrected chi connectivity index (χ2v) is 8.92. The highest BCUT2D eigenvalue weighted by Crippen LogP contribution is 2.33. The zero-order valence-corrected chi connectivity index (χ0v) is 23.6. The van der Waals surface area contributed by atoms with Crippen LogP contribution in [0.5, 0.6) is 0 Å². The van der Waals surface area contributed by atoms with Gasteiger partial charge in [0.15, 0.2) is 0 Å². The van der Waals surface area contributed by atoms with Crippen molar-refractivity contribution in [2.45, 2.75) is 13.0 Å². The summed E-state index contributed by atoms with van der Waals surface area (Å²) in [6, 6.07) is 11.9. The molecule has 0 aliphatic heterocycles. The highest BCUT2D eigenvalue weighted by atomic mass is 19.1. The molecule has 2 aromatic carbocycles. The third kappa shape index (κ3) is 6.08. The Kier molecular flexibility index (Phi) is 9.50. The maximum absolute atomic E-state index is 14.3. The molecule has 0 radical (unpaired) electrons. The van der Waals surface area contributed by atoms with Crippen LogP contribution in [0.2, 0.25) is 0 Å². The van der Waals surface area contributed by atoms with Crippen molar-refractivity contribution in [1.29, 1.82) is 5.41 Å². The van der Waals surface area contributed by atoms with E-state index in [0.717, 1.165) is 0 Å². The first-order chi connectivity index (χ1) is 20.3.